The maximum Gasteiger partial charge on any atom is 0.230 e. The molecule has 0 radical (unpaired) electrons. The molecule has 1 N–H and O–H groups in total. The van der Waals surface area contributed by atoms with E-state index in [2.05, 4.69) is 15.3 Å². The summed E-state index contributed by atoms with van der Waals surface area (Å²) in [6.07, 6.45) is 3.35. The number of aromatic nitrogens is 2. The maximum atomic E-state index is 13.6. The summed E-state index contributed by atoms with van der Waals surface area (Å²) in [6.45, 7) is 3.55. The van der Waals surface area contributed by atoms with E-state index in [9.17, 15) is 9.18 Å². The highest BCUT2D eigenvalue weighted by molar-refractivity contribution is 5.96. The Labute approximate surface area is 173 Å². The molecule has 0 amide bonds. The van der Waals surface area contributed by atoms with Gasteiger partial charge in [-0.2, -0.15) is 0 Å². The fraction of sp³-hybridized carbons (Fsp3) is 0.125. The summed E-state index contributed by atoms with van der Waals surface area (Å²) in [5.74, 6) is 0.954. The molecule has 1 unspecified atom stereocenters. The molecular formula is C24H20FN3O2. The van der Waals surface area contributed by atoms with Gasteiger partial charge in [-0.3, -0.25) is 4.79 Å². The SMILES string of the molecule is CC(=O)c1ccc(C(C)Nc2nccc3ccnc(Oc4cccc(F)c4)c23)cc1. The number of hydrogen-bond donors (Lipinski definition) is 1. The van der Waals surface area contributed by atoms with Gasteiger partial charge in [0.1, 0.15) is 17.4 Å². The maximum absolute atomic E-state index is 13.6. The van der Waals surface area contributed by atoms with Crippen LogP contribution in [-0.4, -0.2) is 15.8 Å². The number of rotatable bonds is 6. The van der Waals surface area contributed by atoms with Crippen LogP contribution in [0.5, 0.6) is 11.6 Å². The molecule has 0 aliphatic carbocycles. The topological polar surface area (TPSA) is 64.1 Å². The average Bonchev–Trinajstić information content (AvgIpc) is 2.74. The van der Waals surface area contributed by atoms with Crippen molar-refractivity contribution >= 4 is 22.4 Å². The van der Waals surface area contributed by atoms with Crippen molar-refractivity contribution in [2.75, 3.05) is 5.32 Å². The first-order valence-electron chi connectivity index (χ1n) is 9.56. The predicted molar refractivity (Wildman–Crippen MR) is 114 cm³/mol. The van der Waals surface area contributed by atoms with Crippen LogP contribution in [-0.2, 0) is 0 Å². The standard InChI is InChI=1S/C24H20FN3O2/c1-15(17-6-8-18(9-7-17)16(2)29)28-23-22-19(10-12-26-23)11-13-27-24(22)30-21-5-3-4-20(25)14-21/h3-15H,1-2H3,(H,26,28). The van der Waals surface area contributed by atoms with Crippen molar-refractivity contribution in [2.45, 2.75) is 19.9 Å². The first-order chi connectivity index (χ1) is 14.5. The van der Waals surface area contributed by atoms with Gasteiger partial charge < -0.3 is 10.1 Å². The van der Waals surface area contributed by atoms with Crippen LogP contribution in [0.1, 0.15) is 35.8 Å². The molecule has 0 fully saturated rings. The average molecular weight is 401 g/mol. The third-order valence-corrected chi connectivity index (χ3v) is 4.82. The number of hydrogen-bond acceptors (Lipinski definition) is 5. The highest BCUT2D eigenvalue weighted by Crippen LogP contribution is 2.33. The summed E-state index contributed by atoms with van der Waals surface area (Å²) in [5, 5.41) is 5.00. The van der Waals surface area contributed by atoms with E-state index < -0.39 is 0 Å². The van der Waals surface area contributed by atoms with Gasteiger partial charge in [0, 0.05) is 30.1 Å². The molecule has 2 aromatic heterocycles. The number of nitrogens with zero attached hydrogens (tertiary/aromatic N) is 2. The Kier molecular flexibility index (Phi) is 5.39. The molecule has 30 heavy (non-hydrogen) atoms. The largest absolute Gasteiger partial charge is 0.438 e. The third kappa shape index (κ3) is 4.12. The van der Waals surface area contributed by atoms with Crippen LogP contribution in [0.25, 0.3) is 10.8 Å². The van der Waals surface area contributed by atoms with Gasteiger partial charge in [-0.1, -0.05) is 30.3 Å². The highest BCUT2D eigenvalue weighted by Gasteiger charge is 2.14. The molecule has 5 nitrogen and oxygen atoms in total. The molecule has 2 aromatic carbocycles. The van der Waals surface area contributed by atoms with E-state index in [4.69, 9.17) is 4.74 Å². The number of ketones is 1. The van der Waals surface area contributed by atoms with Gasteiger partial charge in [-0.25, -0.2) is 14.4 Å². The molecule has 4 rings (SSSR count). The third-order valence-electron chi connectivity index (χ3n) is 4.82. The van der Waals surface area contributed by atoms with E-state index in [0.717, 1.165) is 10.9 Å². The number of carbonyl (C=O) groups is 1. The van der Waals surface area contributed by atoms with E-state index in [1.807, 2.05) is 43.3 Å². The summed E-state index contributed by atoms with van der Waals surface area (Å²) in [5.41, 5.74) is 1.68. The van der Waals surface area contributed by atoms with Gasteiger partial charge in [0.15, 0.2) is 5.78 Å². The second kappa shape index (κ2) is 8.29. The number of nitrogens with one attached hydrogen (secondary N) is 1. The second-order valence-electron chi connectivity index (χ2n) is 6.98. The van der Waals surface area contributed by atoms with Gasteiger partial charge in [-0.15, -0.1) is 0 Å². The van der Waals surface area contributed by atoms with Crippen molar-refractivity contribution in [1.29, 1.82) is 0 Å². The summed E-state index contributed by atoms with van der Waals surface area (Å²) >= 11 is 0. The van der Waals surface area contributed by atoms with Gasteiger partial charge in [0.2, 0.25) is 5.88 Å². The molecule has 0 spiro atoms. The second-order valence-corrected chi connectivity index (χ2v) is 6.98. The summed E-state index contributed by atoms with van der Waals surface area (Å²) in [4.78, 5) is 20.3. The monoisotopic (exact) mass is 401 g/mol. The van der Waals surface area contributed by atoms with Crippen LogP contribution in [0.3, 0.4) is 0 Å². The number of carbonyl (C=O) groups excluding carboxylic acids is 1. The predicted octanol–water partition coefficient (Wildman–Crippen LogP) is 5.94. The molecular weight excluding hydrogens is 381 g/mol. The summed E-state index contributed by atoms with van der Waals surface area (Å²) in [6, 6.07) is 17.0. The van der Waals surface area contributed by atoms with E-state index in [0.29, 0.717) is 28.4 Å². The Balaban J connectivity index is 1.67. The first kappa shape index (κ1) is 19.5. The van der Waals surface area contributed by atoms with E-state index in [1.54, 1.807) is 31.5 Å². The molecule has 6 heteroatoms. The lowest BCUT2D eigenvalue weighted by Gasteiger charge is -2.18. The Bertz CT molecular complexity index is 1200. The lowest BCUT2D eigenvalue weighted by Crippen LogP contribution is -2.09. The molecule has 0 saturated carbocycles. The Morgan fingerprint density at radius 1 is 1.03 bits per heavy atom. The van der Waals surface area contributed by atoms with E-state index in [1.165, 1.54) is 12.1 Å². The number of anilines is 1. The minimum absolute atomic E-state index is 0.0306. The Hall–Kier alpha value is -3.80. The van der Waals surface area contributed by atoms with Gasteiger partial charge in [0.25, 0.3) is 0 Å². The summed E-state index contributed by atoms with van der Waals surface area (Å²) in [7, 11) is 0. The molecule has 2 heterocycles. The van der Waals surface area contributed by atoms with Crippen LogP contribution < -0.4 is 10.1 Å². The first-order valence-corrected chi connectivity index (χ1v) is 9.56. The minimum atomic E-state index is -0.383. The van der Waals surface area contributed by atoms with Gasteiger partial charge >= 0.3 is 0 Å². The molecule has 0 aliphatic heterocycles. The van der Waals surface area contributed by atoms with Crippen molar-refractivity contribution < 1.29 is 13.9 Å². The number of Topliss-reactive ketones (excluding diaryl/α,β-unsaturated/α-hetero) is 1. The van der Waals surface area contributed by atoms with Crippen molar-refractivity contribution in [1.82, 2.24) is 9.97 Å². The lowest BCUT2D eigenvalue weighted by molar-refractivity contribution is 0.101. The van der Waals surface area contributed by atoms with E-state index in [-0.39, 0.29) is 17.6 Å². The Morgan fingerprint density at radius 3 is 2.47 bits per heavy atom. The summed E-state index contributed by atoms with van der Waals surface area (Å²) < 4.78 is 19.4. The lowest BCUT2D eigenvalue weighted by atomic mass is 10.0. The fourth-order valence-corrected chi connectivity index (χ4v) is 3.21. The van der Waals surface area contributed by atoms with E-state index >= 15 is 0 Å². The normalized spacial score (nSPS) is 11.8. The van der Waals surface area contributed by atoms with Crippen molar-refractivity contribution in [3.05, 3.63) is 90.0 Å². The smallest absolute Gasteiger partial charge is 0.230 e. The molecule has 0 bridgehead atoms. The fourth-order valence-electron chi connectivity index (χ4n) is 3.21. The number of ether oxygens (including phenoxy) is 1. The van der Waals surface area contributed by atoms with Crippen molar-refractivity contribution in [2.24, 2.45) is 0 Å². The molecule has 0 aliphatic rings. The van der Waals surface area contributed by atoms with Crippen LogP contribution in [0.4, 0.5) is 10.2 Å². The van der Waals surface area contributed by atoms with Crippen molar-refractivity contribution in [3.8, 4) is 11.6 Å². The van der Waals surface area contributed by atoms with Crippen LogP contribution >= 0.6 is 0 Å². The van der Waals surface area contributed by atoms with Crippen LogP contribution in [0.15, 0.2) is 73.1 Å². The molecule has 150 valence electrons. The zero-order valence-electron chi connectivity index (χ0n) is 16.6. The van der Waals surface area contributed by atoms with Gasteiger partial charge in [0.05, 0.1) is 5.39 Å². The molecule has 4 aromatic rings. The van der Waals surface area contributed by atoms with Crippen LogP contribution in [0.2, 0.25) is 0 Å². The highest BCUT2D eigenvalue weighted by atomic mass is 19.1. The zero-order valence-corrected chi connectivity index (χ0v) is 16.6. The zero-order chi connectivity index (χ0) is 21.1. The number of pyridine rings is 2. The number of halogens is 1. The molecule has 1 atom stereocenters. The molecule has 0 saturated heterocycles. The quantitative estimate of drug-likeness (QED) is 0.405. The Morgan fingerprint density at radius 2 is 1.77 bits per heavy atom. The minimum Gasteiger partial charge on any atom is -0.438 e. The van der Waals surface area contributed by atoms with Crippen molar-refractivity contribution in [3.63, 3.8) is 0 Å². The number of benzene rings is 2. The van der Waals surface area contributed by atoms with Gasteiger partial charge in [-0.05, 0) is 49.1 Å². The van der Waals surface area contributed by atoms with Crippen LogP contribution in [0, 0.1) is 5.82 Å². The number of fused-ring (bicyclic) bond motifs is 1.